The third-order valence-electron chi connectivity index (χ3n) is 0.700. The predicted molar refractivity (Wildman–Crippen MR) is 23.3 cm³/mol. The summed E-state index contributed by atoms with van der Waals surface area (Å²) in [5, 5.41) is 13.5. The Morgan fingerprint density at radius 1 is 1.88 bits per heavy atom. The third-order valence-corrected chi connectivity index (χ3v) is 0.700. The number of aromatic nitrogens is 2. The molecular formula is C4H2FN3. The average Bonchev–Trinajstić information content (AvgIpc) is 2.14. The molecule has 0 aliphatic heterocycles. The fourth-order valence-electron chi connectivity index (χ4n) is 0.354. The Bertz CT molecular complexity index is 221. The van der Waals surface area contributed by atoms with E-state index in [1.54, 1.807) is 6.07 Å². The lowest BCUT2D eigenvalue weighted by Crippen LogP contribution is -1.74. The Balaban J connectivity index is 3.15. The number of hydrogen-bond acceptors (Lipinski definition) is 2. The Labute approximate surface area is 44.8 Å². The lowest BCUT2D eigenvalue weighted by Gasteiger charge is -1.69. The van der Waals surface area contributed by atoms with Crippen LogP contribution in [0.5, 0.6) is 0 Å². The number of hydrogen-bond donors (Lipinski definition) is 1. The monoisotopic (exact) mass is 111 g/mol. The van der Waals surface area contributed by atoms with Crippen molar-refractivity contribution in [1.29, 1.82) is 5.26 Å². The Hall–Kier alpha value is -1.37. The highest BCUT2D eigenvalue weighted by molar-refractivity contribution is 5.18. The van der Waals surface area contributed by atoms with Crippen molar-refractivity contribution in [2.24, 2.45) is 0 Å². The van der Waals surface area contributed by atoms with E-state index in [1.165, 1.54) is 0 Å². The van der Waals surface area contributed by atoms with E-state index in [4.69, 9.17) is 5.26 Å². The first kappa shape index (κ1) is 4.78. The van der Waals surface area contributed by atoms with Crippen LogP contribution in [0.25, 0.3) is 0 Å². The van der Waals surface area contributed by atoms with Crippen molar-refractivity contribution >= 4 is 0 Å². The van der Waals surface area contributed by atoms with Gasteiger partial charge in [-0.05, 0) is 0 Å². The molecule has 8 heavy (non-hydrogen) atoms. The summed E-state index contributed by atoms with van der Waals surface area (Å²) in [4.78, 5) is 0. The average molecular weight is 111 g/mol. The van der Waals surface area contributed by atoms with Gasteiger partial charge in [-0.25, -0.2) is 4.39 Å². The number of rotatable bonds is 0. The van der Waals surface area contributed by atoms with Crippen molar-refractivity contribution in [3.8, 4) is 6.07 Å². The molecular weight excluding hydrogens is 109 g/mol. The molecule has 1 N–H and O–H groups in total. The summed E-state index contributed by atoms with van der Waals surface area (Å²) >= 11 is 0. The van der Waals surface area contributed by atoms with Gasteiger partial charge in [0.1, 0.15) is 6.07 Å². The zero-order chi connectivity index (χ0) is 5.98. The predicted octanol–water partition coefficient (Wildman–Crippen LogP) is 0.420. The summed E-state index contributed by atoms with van der Waals surface area (Å²) < 4.78 is 12.0. The van der Waals surface area contributed by atoms with Crippen molar-refractivity contribution in [1.82, 2.24) is 10.2 Å². The molecule has 0 amide bonds. The van der Waals surface area contributed by atoms with Crippen LogP contribution in [-0.2, 0) is 0 Å². The number of aromatic amines is 1. The molecule has 0 bridgehead atoms. The highest BCUT2D eigenvalue weighted by Gasteiger charge is 1.99. The Morgan fingerprint density at radius 3 is 2.88 bits per heavy atom. The maximum absolute atomic E-state index is 12.0. The minimum Gasteiger partial charge on any atom is -0.281 e. The molecule has 4 heteroatoms. The molecule has 0 unspecified atom stereocenters. The smallest absolute Gasteiger partial charge is 0.197 e. The zero-order valence-electron chi connectivity index (χ0n) is 3.85. The van der Waals surface area contributed by atoms with E-state index in [1.807, 2.05) is 0 Å². The van der Waals surface area contributed by atoms with Gasteiger partial charge >= 0.3 is 0 Å². The number of nitrogens with one attached hydrogen (secondary N) is 1. The fourth-order valence-corrected chi connectivity index (χ4v) is 0.354. The molecule has 1 rings (SSSR count). The van der Waals surface area contributed by atoms with Gasteiger partial charge in [0.25, 0.3) is 0 Å². The second kappa shape index (κ2) is 1.62. The first-order valence-corrected chi connectivity index (χ1v) is 1.94. The van der Waals surface area contributed by atoms with Crippen LogP contribution in [0.4, 0.5) is 4.39 Å². The SMILES string of the molecule is N#Cc1n[nH]cc1F. The molecule has 0 aliphatic rings. The lowest BCUT2D eigenvalue weighted by molar-refractivity contribution is 0.624. The minimum atomic E-state index is -0.604. The molecule has 1 heterocycles. The van der Waals surface area contributed by atoms with Gasteiger partial charge in [0, 0.05) is 0 Å². The van der Waals surface area contributed by atoms with Gasteiger partial charge in [-0.15, -0.1) is 0 Å². The number of nitrogens with zero attached hydrogens (tertiary/aromatic N) is 2. The van der Waals surface area contributed by atoms with E-state index in [9.17, 15) is 4.39 Å². The first-order valence-electron chi connectivity index (χ1n) is 1.94. The van der Waals surface area contributed by atoms with E-state index in [0.717, 1.165) is 6.20 Å². The molecule has 0 saturated heterocycles. The number of H-pyrrole nitrogens is 1. The summed E-state index contributed by atoms with van der Waals surface area (Å²) in [7, 11) is 0. The standard InChI is InChI=1S/C4H2FN3/c5-3-2-7-8-4(3)1-6/h2H,(H,7,8). The number of nitriles is 1. The van der Waals surface area contributed by atoms with Gasteiger partial charge in [0.2, 0.25) is 0 Å². The van der Waals surface area contributed by atoms with Crippen LogP contribution in [0.3, 0.4) is 0 Å². The maximum Gasteiger partial charge on any atom is 0.197 e. The zero-order valence-corrected chi connectivity index (χ0v) is 3.85. The van der Waals surface area contributed by atoms with Gasteiger partial charge in [0.05, 0.1) is 6.20 Å². The van der Waals surface area contributed by atoms with E-state index < -0.39 is 5.82 Å². The van der Waals surface area contributed by atoms with Crippen molar-refractivity contribution in [3.05, 3.63) is 17.7 Å². The molecule has 0 fully saturated rings. The number of halogens is 1. The Kier molecular flexibility index (Phi) is 0.968. The fraction of sp³-hybridized carbons (Fsp3) is 0. The molecule has 0 radical (unpaired) electrons. The van der Waals surface area contributed by atoms with Crippen molar-refractivity contribution in [2.45, 2.75) is 0 Å². The topological polar surface area (TPSA) is 52.5 Å². The normalized spacial score (nSPS) is 8.50. The van der Waals surface area contributed by atoms with Gasteiger partial charge in [0.15, 0.2) is 11.5 Å². The van der Waals surface area contributed by atoms with Crippen molar-refractivity contribution < 1.29 is 4.39 Å². The summed E-state index contributed by atoms with van der Waals surface area (Å²) in [6, 6.07) is 1.56. The van der Waals surface area contributed by atoms with E-state index in [0.29, 0.717) is 0 Å². The van der Waals surface area contributed by atoms with Crippen LogP contribution >= 0.6 is 0 Å². The van der Waals surface area contributed by atoms with E-state index in [-0.39, 0.29) is 5.69 Å². The van der Waals surface area contributed by atoms with E-state index >= 15 is 0 Å². The highest BCUT2D eigenvalue weighted by Crippen LogP contribution is 1.96. The molecule has 40 valence electrons. The lowest BCUT2D eigenvalue weighted by atomic mass is 10.5. The van der Waals surface area contributed by atoms with Gasteiger partial charge < -0.3 is 0 Å². The van der Waals surface area contributed by atoms with Crippen LogP contribution in [0, 0.1) is 17.1 Å². The summed E-state index contributed by atoms with van der Waals surface area (Å²) in [6.45, 7) is 0. The van der Waals surface area contributed by atoms with Crippen LogP contribution in [0.2, 0.25) is 0 Å². The minimum absolute atomic E-state index is 0.190. The summed E-state index contributed by atoms with van der Waals surface area (Å²) in [5.74, 6) is -0.604. The molecule has 0 saturated carbocycles. The molecule has 3 nitrogen and oxygen atoms in total. The maximum atomic E-state index is 12.0. The van der Waals surface area contributed by atoms with Gasteiger partial charge in [-0.2, -0.15) is 10.4 Å². The molecule has 0 atom stereocenters. The van der Waals surface area contributed by atoms with Gasteiger partial charge in [-0.1, -0.05) is 0 Å². The third kappa shape index (κ3) is 0.540. The summed E-state index contributed by atoms with van der Waals surface area (Å²) in [5.41, 5.74) is -0.190. The van der Waals surface area contributed by atoms with Crippen LogP contribution in [-0.4, -0.2) is 10.2 Å². The molecule has 0 spiro atoms. The van der Waals surface area contributed by atoms with Crippen molar-refractivity contribution in [3.63, 3.8) is 0 Å². The Morgan fingerprint density at radius 2 is 2.62 bits per heavy atom. The molecule has 1 aromatic heterocycles. The van der Waals surface area contributed by atoms with Crippen LogP contribution in [0.15, 0.2) is 6.20 Å². The largest absolute Gasteiger partial charge is 0.281 e. The van der Waals surface area contributed by atoms with Gasteiger partial charge in [-0.3, -0.25) is 5.10 Å². The molecule has 1 aromatic rings. The second-order valence-electron chi connectivity index (χ2n) is 1.19. The highest BCUT2D eigenvalue weighted by atomic mass is 19.1. The molecule has 0 aromatic carbocycles. The first-order chi connectivity index (χ1) is 3.84. The van der Waals surface area contributed by atoms with E-state index in [2.05, 4.69) is 10.2 Å². The second-order valence-corrected chi connectivity index (χ2v) is 1.19. The quantitative estimate of drug-likeness (QED) is 0.527. The van der Waals surface area contributed by atoms with Crippen LogP contribution in [0.1, 0.15) is 5.69 Å². The van der Waals surface area contributed by atoms with Crippen molar-refractivity contribution in [2.75, 3.05) is 0 Å². The van der Waals surface area contributed by atoms with Crippen LogP contribution < -0.4 is 0 Å². The molecule has 0 aliphatic carbocycles. The summed E-state index contributed by atoms with van der Waals surface area (Å²) in [6.07, 6.45) is 1.03.